The molecule has 0 saturated carbocycles. The average molecular weight is 292 g/mol. The summed E-state index contributed by atoms with van der Waals surface area (Å²) in [5.41, 5.74) is 8.03. The van der Waals surface area contributed by atoms with Crippen LogP contribution in [0.15, 0.2) is 18.2 Å². The summed E-state index contributed by atoms with van der Waals surface area (Å²) >= 11 is 0. The van der Waals surface area contributed by atoms with E-state index in [0.29, 0.717) is 36.8 Å². The van der Waals surface area contributed by atoms with Crippen molar-refractivity contribution in [3.8, 4) is 0 Å². The number of ether oxygens (including phenoxy) is 2. The van der Waals surface area contributed by atoms with E-state index < -0.39 is 0 Å². The van der Waals surface area contributed by atoms with Crippen LogP contribution in [0.1, 0.15) is 5.82 Å². The van der Waals surface area contributed by atoms with E-state index in [4.69, 9.17) is 15.2 Å². The number of carbonyl (C=O) groups is 1. The Labute approximate surface area is 123 Å². The molecule has 0 aliphatic rings. The first-order valence-electron chi connectivity index (χ1n) is 6.65. The van der Waals surface area contributed by atoms with Crippen molar-refractivity contribution in [3.05, 3.63) is 24.0 Å². The van der Waals surface area contributed by atoms with Gasteiger partial charge in [0.25, 0.3) is 0 Å². The van der Waals surface area contributed by atoms with E-state index in [1.165, 1.54) is 0 Å². The molecule has 1 aromatic carbocycles. The summed E-state index contributed by atoms with van der Waals surface area (Å²) < 4.78 is 11.9. The Kier molecular flexibility index (Phi) is 5.13. The molecule has 0 atom stereocenters. The molecule has 0 radical (unpaired) electrons. The maximum absolute atomic E-state index is 12.0. The lowest BCUT2D eigenvalue weighted by molar-refractivity contribution is -0.121. The highest BCUT2D eigenvalue weighted by Crippen LogP contribution is 2.22. The third-order valence-corrected chi connectivity index (χ3v) is 3.09. The molecule has 0 fully saturated rings. The number of imidazole rings is 1. The molecule has 0 unspecified atom stereocenters. The first-order chi connectivity index (χ1) is 10.2. The fraction of sp³-hybridized carbons (Fsp3) is 0.429. The Balaban J connectivity index is 2.26. The number of fused-ring (bicyclic) bond motifs is 1. The van der Waals surface area contributed by atoms with Crippen molar-refractivity contribution in [2.75, 3.05) is 33.1 Å². The average Bonchev–Trinajstić information content (AvgIpc) is 2.80. The van der Waals surface area contributed by atoms with Crippen LogP contribution in [0.25, 0.3) is 11.0 Å². The number of para-hydroxylation sites is 1. The van der Waals surface area contributed by atoms with Crippen molar-refractivity contribution >= 4 is 22.6 Å². The Bertz CT molecular complexity index is 624. The van der Waals surface area contributed by atoms with Gasteiger partial charge in [-0.3, -0.25) is 4.79 Å². The van der Waals surface area contributed by atoms with Crippen LogP contribution in [-0.2, 0) is 27.4 Å². The number of nitrogen functional groups attached to an aromatic ring is 1. The molecule has 3 N–H and O–H groups in total. The molecular weight excluding hydrogens is 272 g/mol. The number of amides is 1. The van der Waals surface area contributed by atoms with Gasteiger partial charge in [-0.15, -0.1) is 0 Å². The van der Waals surface area contributed by atoms with Gasteiger partial charge in [0.15, 0.2) is 0 Å². The normalized spacial score (nSPS) is 11.0. The molecule has 1 aromatic heterocycles. The zero-order valence-electron chi connectivity index (χ0n) is 12.3. The molecule has 1 amide bonds. The third kappa shape index (κ3) is 3.50. The summed E-state index contributed by atoms with van der Waals surface area (Å²) in [4.78, 5) is 16.4. The summed E-state index contributed by atoms with van der Waals surface area (Å²) in [6.45, 7) is 1.44. The van der Waals surface area contributed by atoms with Crippen LogP contribution < -0.4 is 11.1 Å². The predicted octanol–water partition coefficient (Wildman–Crippen LogP) is 0.527. The lowest BCUT2D eigenvalue weighted by Crippen LogP contribution is -2.30. The van der Waals surface area contributed by atoms with E-state index in [-0.39, 0.29) is 12.5 Å². The van der Waals surface area contributed by atoms with Crippen molar-refractivity contribution in [2.45, 2.75) is 13.2 Å². The van der Waals surface area contributed by atoms with Crippen LogP contribution in [0.4, 0.5) is 5.69 Å². The molecule has 0 bridgehead atoms. The van der Waals surface area contributed by atoms with Crippen LogP contribution >= 0.6 is 0 Å². The zero-order valence-corrected chi connectivity index (χ0v) is 12.3. The van der Waals surface area contributed by atoms with E-state index in [9.17, 15) is 4.79 Å². The van der Waals surface area contributed by atoms with Crippen LogP contribution in [-0.4, -0.2) is 42.8 Å². The quantitative estimate of drug-likeness (QED) is 0.573. The Morgan fingerprint density at radius 2 is 2.19 bits per heavy atom. The Hall–Kier alpha value is -2.12. The molecule has 114 valence electrons. The van der Waals surface area contributed by atoms with Crippen molar-refractivity contribution in [2.24, 2.45) is 0 Å². The van der Waals surface area contributed by atoms with Crippen LogP contribution in [0.3, 0.4) is 0 Å². The zero-order chi connectivity index (χ0) is 15.2. The number of aromatic nitrogens is 2. The number of nitrogens with two attached hydrogens (primary N) is 1. The smallest absolute Gasteiger partial charge is 0.240 e. The lowest BCUT2D eigenvalue weighted by Gasteiger charge is -2.09. The van der Waals surface area contributed by atoms with Gasteiger partial charge in [-0.25, -0.2) is 4.98 Å². The Morgan fingerprint density at radius 1 is 1.38 bits per heavy atom. The summed E-state index contributed by atoms with van der Waals surface area (Å²) in [5.74, 6) is 0.568. The second kappa shape index (κ2) is 7.05. The fourth-order valence-electron chi connectivity index (χ4n) is 2.12. The molecule has 7 nitrogen and oxygen atoms in total. The molecule has 0 aliphatic heterocycles. The summed E-state index contributed by atoms with van der Waals surface area (Å²) in [6, 6.07) is 5.52. The van der Waals surface area contributed by atoms with Crippen molar-refractivity contribution in [1.29, 1.82) is 0 Å². The highest BCUT2D eigenvalue weighted by molar-refractivity contribution is 5.89. The molecule has 0 spiro atoms. The monoisotopic (exact) mass is 292 g/mol. The summed E-state index contributed by atoms with van der Waals surface area (Å²) in [5, 5.41) is 2.79. The summed E-state index contributed by atoms with van der Waals surface area (Å²) in [7, 11) is 3.18. The molecule has 21 heavy (non-hydrogen) atoms. The van der Waals surface area contributed by atoms with E-state index in [2.05, 4.69) is 10.3 Å². The van der Waals surface area contributed by atoms with Crippen LogP contribution in [0, 0.1) is 0 Å². The number of methoxy groups -OCH3 is 2. The Morgan fingerprint density at radius 3 is 2.90 bits per heavy atom. The summed E-state index contributed by atoms with van der Waals surface area (Å²) in [6.07, 6.45) is 0. The first-order valence-corrected chi connectivity index (χ1v) is 6.65. The standard InChI is InChI=1S/C14H20N4O3/c1-20-7-6-16-13(19)8-18-11-5-3-4-10(15)14(11)17-12(18)9-21-2/h3-5H,6-9,15H2,1-2H3,(H,16,19). The van der Waals surface area contributed by atoms with Gasteiger partial charge in [0.05, 0.1) is 17.8 Å². The third-order valence-electron chi connectivity index (χ3n) is 3.09. The molecule has 0 aliphatic carbocycles. The number of hydrogen-bond acceptors (Lipinski definition) is 5. The minimum atomic E-state index is -0.105. The van der Waals surface area contributed by atoms with Gasteiger partial charge in [0.2, 0.25) is 5.91 Å². The molecule has 2 aromatic rings. The molecule has 7 heteroatoms. The van der Waals surface area contributed by atoms with Gasteiger partial charge in [-0.1, -0.05) is 6.07 Å². The number of nitrogens with one attached hydrogen (secondary N) is 1. The predicted molar refractivity (Wildman–Crippen MR) is 79.7 cm³/mol. The minimum Gasteiger partial charge on any atom is -0.397 e. The van der Waals surface area contributed by atoms with E-state index in [1.54, 1.807) is 20.3 Å². The number of anilines is 1. The number of carbonyl (C=O) groups excluding carboxylic acids is 1. The lowest BCUT2D eigenvalue weighted by atomic mass is 10.3. The molecule has 1 heterocycles. The highest BCUT2D eigenvalue weighted by Gasteiger charge is 2.14. The van der Waals surface area contributed by atoms with Crippen molar-refractivity contribution < 1.29 is 14.3 Å². The highest BCUT2D eigenvalue weighted by atomic mass is 16.5. The second-order valence-electron chi connectivity index (χ2n) is 4.60. The second-order valence-corrected chi connectivity index (χ2v) is 4.60. The molecule has 2 rings (SSSR count). The van der Waals surface area contributed by atoms with Crippen molar-refractivity contribution in [1.82, 2.24) is 14.9 Å². The van der Waals surface area contributed by atoms with Gasteiger partial charge in [-0.2, -0.15) is 0 Å². The number of rotatable bonds is 7. The molecule has 0 saturated heterocycles. The van der Waals surface area contributed by atoms with Crippen LogP contribution in [0.5, 0.6) is 0 Å². The van der Waals surface area contributed by atoms with Gasteiger partial charge in [0, 0.05) is 20.8 Å². The van der Waals surface area contributed by atoms with E-state index in [0.717, 1.165) is 5.52 Å². The van der Waals surface area contributed by atoms with Gasteiger partial charge in [0.1, 0.15) is 24.5 Å². The largest absolute Gasteiger partial charge is 0.397 e. The van der Waals surface area contributed by atoms with Crippen LogP contribution in [0.2, 0.25) is 0 Å². The number of nitrogens with zero attached hydrogens (tertiary/aromatic N) is 2. The van der Waals surface area contributed by atoms with Crippen molar-refractivity contribution in [3.63, 3.8) is 0 Å². The minimum absolute atomic E-state index is 0.105. The maximum atomic E-state index is 12.0. The topological polar surface area (TPSA) is 91.4 Å². The van der Waals surface area contributed by atoms with Gasteiger partial charge in [-0.05, 0) is 12.1 Å². The fourth-order valence-corrected chi connectivity index (χ4v) is 2.12. The van der Waals surface area contributed by atoms with E-state index in [1.807, 2.05) is 16.7 Å². The molecular formula is C14H20N4O3. The number of benzene rings is 1. The first kappa shape index (κ1) is 15.3. The SMILES string of the molecule is COCCNC(=O)Cn1c(COC)nc2c(N)cccc21. The maximum Gasteiger partial charge on any atom is 0.240 e. The van der Waals surface area contributed by atoms with E-state index >= 15 is 0 Å². The number of hydrogen-bond donors (Lipinski definition) is 2. The van der Waals surface area contributed by atoms with Gasteiger partial charge < -0.3 is 25.1 Å². The van der Waals surface area contributed by atoms with Gasteiger partial charge >= 0.3 is 0 Å².